The highest BCUT2D eigenvalue weighted by Gasteiger charge is 2.14. The number of ether oxygens (including phenoxy) is 1. The molecule has 1 aliphatic rings. The van der Waals surface area contributed by atoms with Gasteiger partial charge in [-0.2, -0.15) is 0 Å². The van der Waals surface area contributed by atoms with Crippen molar-refractivity contribution < 1.29 is 4.74 Å². The summed E-state index contributed by atoms with van der Waals surface area (Å²) in [7, 11) is 0. The quantitative estimate of drug-likeness (QED) is 0.572. The smallest absolute Gasteiger partial charge is 0.256 e. The van der Waals surface area contributed by atoms with Gasteiger partial charge in [-0.3, -0.25) is 9.78 Å². The molecule has 1 aromatic carbocycles. The summed E-state index contributed by atoms with van der Waals surface area (Å²) < 4.78 is 6.44. The fourth-order valence-corrected chi connectivity index (χ4v) is 4.79. The van der Waals surface area contributed by atoms with E-state index >= 15 is 0 Å². The van der Waals surface area contributed by atoms with Crippen LogP contribution in [0, 0.1) is 0 Å². The van der Waals surface area contributed by atoms with Crippen molar-refractivity contribution in [3.05, 3.63) is 71.4 Å². The zero-order valence-corrected chi connectivity index (χ0v) is 16.0. The van der Waals surface area contributed by atoms with E-state index in [4.69, 9.17) is 4.74 Å². The van der Waals surface area contributed by atoms with Crippen LogP contribution in [0.3, 0.4) is 0 Å². The third-order valence-corrected chi connectivity index (χ3v) is 6.31. The van der Waals surface area contributed by atoms with Crippen molar-refractivity contribution in [2.75, 3.05) is 31.2 Å². The molecule has 28 heavy (non-hydrogen) atoms. The molecule has 4 aromatic rings. The SMILES string of the molecule is O=c1[nH]cc(-c2ccc(N3CCOCC3)cc2)c2sc(-c3ccncc3)cc12. The molecule has 1 fully saturated rings. The number of aromatic nitrogens is 2. The second kappa shape index (κ2) is 7.22. The van der Waals surface area contributed by atoms with Gasteiger partial charge < -0.3 is 14.6 Å². The topological polar surface area (TPSA) is 58.2 Å². The Bertz CT molecular complexity index is 1160. The summed E-state index contributed by atoms with van der Waals surface area (Å²) in [5.41, 5.74) is 4.37. The van der Waals surface area contributed by atoms with E-state index in [0.29, 0.717) is 0 Å². The first-order valence-corrected chi connectivity index (χ1v) is 10.1. The van der Waals surface area contributed by atoms with Gasteiger partial charge in [0.1, 0.15) is 0 Å². The zero-order valence-electron chi connectivity index (χ0n) is 15.2. The molecule has 0 radical (unpaired) electrons. The molecule has 1 N–H and O–H groups in total. The molecule has 0 unspecified atom stereocenters. The number of nitrogens with one attached hydrogen (secondary N) is 1. The Balaban J connectivity index is 1.56. The Kier molecular flexibility index (Phi) is 4.43. The second-order valence-corrected chi connectivity index (χ2v) is 7.82. The molecule has 3 aromatic heterocycles. The van der Waals surface area contributed by atoms with Crippen LogP contribution in [-0.2, 0) is 4.74 Å². The van der Waals surface area contributed by atoms with Gasteiger partial charge in [-0.15, -0.1) is 11.3 Å². The molecule has 0 aliphatic carbocycles. The Hall–Kier alpha value is -2.96. The molecule has 140 valence electrons. The van der Waals surface area contributed by atoms with Crippen LogP contribution in [0.1, 0.15) is 0 Å². The first-order chi connectivity index (χ1) is 13.8. The van der Waals surface area contributed by atoms with Crippen molar-refractivity contribution in [3.8, 4) is 21.6 Å². The summed E-state index contributed by atoms with van der Waals surface area (Å²) in [5.74, 6) is 0. The number of fused-ring (bicyclic) bond motifs is 1. The Morgan fingerprint density at radius 1 is 1.00 bits per heavy atom. The average Bonchev–Trinajstić information content (AvgIpc) is 3.22. The molecule has 5 nitrogen and oxygen atoms in total. The lowest BCUT2D eigenvalue weighted by atomic mass is 10.1. The van der Waals surface area contributed by atoms with E-state index in [1.807, 2.05) is 24.4 Å². The second-order valence-electron chi connectivity index (χ2n) is 6.77. The molecule has 4 heterocycles. The van der Waals surface area contributed by atoms with E-state index < -0.39 is 0 Å². The van der Waals surface area contributed by atoms with Gasteiger partial charge in [-0.1, -0.05) is 12.1 Å². The lowest BCUT2D eigenvalue weighted by molar-refractivity contribution is 0.122. The van der Waals surface area contributed by atoms with Crippen molar-refractivity contribution >= 4 is 27.1 Å². The number of H-pyrrole nitrogens is 1. The van der Waals surface area contributed by atoms with Crippen molar-refractivity contribution in [1.82, 2.24) is 9.97 Å². The molecule has 0 atom stereocenters. The number of anilines is 1. The fourth-order valence-electron chi connectivity index (χ4n) is 3.59. The van der Waals surface area contributed by atoms with Crippen molar-refractivity contribution in [2.45, 2.75) is 0 Å². The Labute approximate surface area is 166 Å². The van der Waals surface area contributed by atoms with E-state index in [9.17, 15) is 4.79 Å². The molecular weight excluding hydrogens is 370 g/mol. The normalized spacial score (nSPS) is 14.5. The summed E-state index contributed by atoms with van der Waals surface area (Å²) in [5, 5.41) is 0.728. The van der Waals surface area contributed by atoms with Gasteiger partial charge in [0.15, 0.2) is 0 Å². The minimum Gasteiger partial charge on any atom is -0.378 e. The van der Waals surface area contributed by atoms with Gasteiger partial charge in [0.05, 0.1) is 18.6 Å². The zero-order chi connectivity index (χ0) is 18.9. The maximum atomic E-state index is 12.4. The first-order valence-electron chi connectivity index (χ1n) is 9.28. The van der Waals surface area contributed by atoms with Gasteiger partial charge in [0.25, 0.3) is 5.56 Å². The Morgan fingerprint density at radius 2 is 1.75 bits per heavy atom. The standard InChI is InChI=1S/C22H19N3O2S/c26-22-18-13-20(16-5-7-23-8-6-16)28-21(18)19(14-24-22)15-1-3-17(4-2-15)25-9-11-27-12-10-25/h1-8,13-14H,9-12H2,(H,24,26). The van der Waals surface area contributed by atoms with Crippen LogP contribution in [0.4, 0.5) is 5.69 Å². The summed E-state index contributed by atoms with van der Waals surface area (Å²) >= 11 is 1.64. The van der Waals surface area contributed by atoms with Crippen LogP contribution in [0.25, 0.3) is 31.7 Å². The van der Waals surface area contributed by atoms with Crippen LogP contribution in [0.15, 0.2) is 65.8 Å². The van der Waals surface area contributed by atoms with Crippen LogP contribution in [0.2, 0.25) is 0 Å². The first kappa shape index (κ1) is 17.2. The summed E-state index contributed by atoms with van der Waals surface area (Å²) in [6, 6.07) is 14.5. The van der Waals surface area contributed by atoms with E-state index in [1.165, 1.54) is 5.69 Å². The highest BCUT2D eigenvalue weighted by Crippen LogP contribution is 2.37. The number of morpholine rings is 1. The van der Waals surface area contributed by atoms with E-state index in [2.05, 4.69) is 39.1 Å². The van der Waals surface area contributed by atoms with Gasteiger partial charge >= 0.3 is 0 Å². The maximum Gasteiger partial charge on any atom is 0.256 e. The third kappa shape index (κ3) is 3.10. The number of aromatic amines is 1. The number of benzene rings is 1. The lowest BCUT2D eigenvalue weighted by Gasteiger charge is -2.28. The predicted octanol–water partition coefficient (Wildman–Crippen LogP) is 4.16. The Morgan fingerprint density at radius 3 is 2.50 bits per heavy atom. The fraction of sp³-hybridized carbons (Fsp3) is 0.182. The monoisotopic (exact) mass is 389 g/mol. The third-order valence-electron chi connectivity index (χ3n) is 5.09. The molecule has 1 aliphatic heterocycles. The molecular formula is C22H19N3O2S. The van der Waals surface area contributed by atoms with E-state index in [1.54, 1.807) is 23.7 Å². The summed E-state index contributed by atoms with van der Waals surface area (Å²) in [6.45, 7) is 3.38. The number of thiophene rings is 1. The number of nitrogens with zero attached hydrogens (tertiary/aromatic N) is 2. The largest absolute Gasteiger partial charge is 0.378 e. The van der Waals surface area contributed by atoms with Crippen molar-refractivity contribution in [2.24, 2.45) is 0 Å². The molecule has 0 saturated carbocycles. The van der Waals surface area contributed by atoms with Gasteiger partial charge in [0, 0.05) is 52.5 Å². The van der Waals surface area contributed by atoms with Crippen LogP contribution in [-0.4, -0.2) is 36.3 Å². The van der Waals surface area contributed by atoms with Crippen LogP contribution in [0.5, 0.6) is 0 Å². The number of pyridine rings is 2. The summed E-state index contributed by atoms with van der Waals surface area (Å²) in [4.78, 5) is 22.8. The van der Waals surface area contributed by atoms with E-state index in [0.717, 1.165) is 58.0 Å². The predicted molar refractivity (Wildman–Crippen MR) is 114 cm³/mol. The van der Waals surface area contributed by atoms with E-state index in [-0.39, 0.29) is 5.56 Å². The average molecular weight is 389 g/mol. The van der Waals surface area contributed by atoms with Crippen molar-refractivity contribution in [3.63, 3.8) is 0 Å². The summed E-state index contributed by atoms with van der Waals surface area (Å²) in [6.07, 6.45) is 5.37. The van der Waals surface area contributed by atoms with Gasteiger partial charge in [0.2, 0.25) is 0 Å². The number of hydrogen-bond donors (Lipinski definition) is 1. The molecule has 5 rings (SSSR count). The number of hydrogen-bond acceptors (Lipinski definition) is 5. The molecule has 0 amide bonds. The van der Waals surface area contributed by atoms with Crippen LogP contribution < -0.4 is 10.5 Å². The molecule has 0 bridgehead atoms. The minimum atomic E-state index is -0.0553. The van der Waals surface area contributed by atoms with Gasteiger partial charge in [-0.05, 0) is 41.5 Å². The van der Waals surface area contributed by atoms with Gasteiger partial charge in [-0.25, -0.2) is 0 Å². The highest BCUT2D eigenvalue weighted by molar-refractivity contribution is 7.22. The lowest BCUT2D eigenvalue weighted by Crippen LogP contribution is -2.36. The molecule has 1 saturated heterocycles. The van der Waals surface area contributed by atoms with Crippen LogP contribution >= 0.6 is 11.3 Å². The maximum absolute atomic E-state index is 12.4. The van der Waals surface area contributed by atoms with Crippen molar-refractivity contribution in [1.29, 1.82) is 0 Å². The molecule has 6 heteroatoms. The number of rotatable bonds is 3. The molecule has 0 spiro atoms. The highest BCUT2D eigenvalue weighted by atomic mass is 32.1. The minimum absolute atomic E-state index is 0.0553.